The van der Waals surface area contributed by atoms with Gasteiger partial charge in [-0.1, -0.05) is 18.2 Å². The van der Waals surface area contributed by atoms with Gasteiger partial charge in [-0.05, 0) is 65.2 Å². The van der Waals surface area contributed by atoms with E-state index in [-0.39, 0.29) is 10.6 Å². The minimum absolute atomic E-state index is 0.159. The van der Waals surface area contributed by atoms with Crippen molar-refractivity contribution < 1.29 is 12.6 Å². The van der Waals surface area contributed by atoms with Crippen LogP contribution in [0.2, 0.25) is 0 Å². The number of rotatable bonds is 3. The molecule has 0 aliphatic rings. The lowest BCUT2D eigenvalue weighted by molar-refractivity contribution is 0.484. The van der Waals surface area contributed by atoms with E-state index in [1.807, 2.05) is 13.8 Å². The monoisotopic (exact) mass is 340 g/mol. The highest BCUT2D eigenvalue weighted by molar-refractivity contribution is 9.10. The van der Waals surface area contributed by atoms with Crippen LogP contribution in [0.3, 0.4) is 0 Å². The highest BCUT2D eigenvalue weighted by atomic mass is 79.9. The molecule has 100 valence electrons. The Labute approximate surface area is 121 Å². The van der Waals surface area contributed by atoms with Crippen LogP contribution in [0.1, 0.15) is 11.1 Å². The average molecular weight is 341 g/mol. The third-order valence-corrected chi connectivity index (χ3v) is 4.69. The molecule has 5 heteroatoms. The van der Waals surface area contributed by atoms with Gasteiger partial charge in [0, 0.05) is 0 Å². The Morgan fingerprint density at radius 1 is 1.00 bits per heavy atom. The molecule has 3 nitrogen and oxygen atoms in total. The van der Waals surface area contributed by atoms with Crippen molar-refractivity contribution in [3.05, 3.63) is 58.1 Å². The van der Waals surface area contributed by atoms with Gasteiger partial charge in [-0.15, -0.1) is 0 Å². The lowest BCUT2D eigenvalue weighted by Crippen LogP contribution is -2.10. The minimum atomic E-state index is -3.81. The first kappa shape index (κ1) is 14.1. The van der Waals surface area contributed by atoms with Crippen LogP contribution >= 0.6 is 15.9 Å². The Morgan fingerprint density at radius 2 is 1.68 bits per heavy atom. The molecule has 0 saturated carbocycles. The molecule has 19 heavy (non-hydrogen) atoms. The highest BCUT2D eigenvalue weighted by Crippen LogP contribution is 2.27. The fraction of sp³-hybridized carbons (Fsp3) is 0.143. The van der Waals surface area contributed by atoms with Gasteiger partial charge in [0.15, 0.2) is 5.75 Å². The molecule has 0 saturated heterocycles. The predicted octanol–water partition coefficient (Wildman–Crippen LogP) is 3.83. The SMILES string of the molecule is Cc1ccc(S(=O)(=O)Oc2ccccc2Br)cc1C. The predicted molar refractivity (Wildman–Crippen MR) is 77.9 cm³/mol. The molecular weight excluding hydrogens is 328 g/mol. The van der Waals surface area contributed by atoms with Gasteiger partial charge in [-0.25, -0.2) is 0 Å². The van der Waals surface area contributed by atoms with E-state index in [0.29, 0.717) is 4.47 Å². The minimum Gasteiger partial charge on any atom is -0.378 e. The van der Waals surface area contributed by atoms with E-state index in [1.165, 1.54) is 0 Å². The molecule has 2 rings (SSSR count). The zero-order valence-electron chi connectivity index (χ0n) is 10.6. The summed E-state index contributed by atoms with van der Waals surface area (Å²) in [7, 11) is -3.81. The van der Waals surface area contributed by atoms with Gasteiger partial charge in [-0.3, -0.25) is 0 Å². The first-order valence-corrected chi connectivity index (χ1v) is 7.86. The van der Waals surface area contributed by atoms with Gasteiger partial charge in [0.1, 0.15) is 4.90 Å². The molecule has 0 heterocycles. The van der Waals surface area contributed by atoms with E-state index in [2.05, 4.69) is 15.9 Å². The van der Waals surface area contributed by atoms with Crippen molar-refractivity contribution in [1.29, 1.82) is 0 Å². The molecule has 0 unspecified atom stereocenters. The fourth-order valence-corrected chi connectivity index (χ4v) is 3.05. The van der Waals surface area contributed by atoms with E-state index in [1.54, 1.807) is 42.5 Å². The lowest BCUT2D eigenvalue weighted by atomic mass is 10.1. The molecule has 0 radical (unpaired) electrons. The van der Waals surface area contributed by atoms with Crippen molar-refractivity contribution in [3.8, 4) is 5.75 Å². The molecule has 0 aliphatic carbocycles. The second kappa shape index (κ2) is 5.35. The molecule has 0 aromatic heterocycles. The van der Waals surface area contributed by atoms with Gasteiger partial charge >= 0.3 is 10.1 Å². The van der Waals surface area contributed by atoms with E-state index in [4.69, 9.17) is 4.18 Å². The molecule has 2 aromatic rings. The lowest BCUT2D eigenvalue weighted by Gasteiger charge is -2.09. The van der Waals surface area contributed by atoms with Crippen molar-refractivity contribution in [2.24, 2.45) is 0 Å². The van der Waals surface area contributed by atoms with Crippen LogP contribution in [-0.4, -0.2) is 8.42 Å². The Hall–Kier alpha value is -1.33. The number of hydrogen-bond acceptors (Lipinski definition) is 3. The first-order valence-electron chi connectivity index (χ1n) is 5.66. The number of hydrogen-bond donors (Lipinski definition) is 0. The zero-order chi connectivity index (χ0) is 14.0. The average Bonchev–Trinajstić information content (AvgIpc) is 2.35. The van der Waals surface area contributed by atoms with Gasteiger partial charge in [-0.2, -0.15) is 8.42 Å². The summed E-state index contributed by atoms with van der Waals surface area (Å²) >= 11 is 3.26. The Morgan fingerprint density at radius 3 is 2.32 bits per heavy atom. The van der Waals surface area contributed by atoms with Crippen LogP contribution in [0.15, 0.2) is 51.8 Å². The van der Waals surface area contributed by atoms with Crippen molar-refractivity contribution in [1.82, 2.24) is 0 Å². The van der Waals surface area contributed by atoms with Crippen LogP contribution in [0.4, 0.5) is 0 Å². The Balaban J connectivity index is 2.38. The Kier molecular flexibility index (Phi) is 3.96. The smallest absolute Gasteiger partial charge is 0.339 e. The third-order valence-electron chi connectivity index (χ3n) is 2.80. The Bertz CT molecular complexity index is 708. The van der Waals surface area contributed by atoms with Crippen LogP contribution < -0.4 is 4.18 Å². The maximum absolute atomic E-state index is 12.2. The fourth-order valence-electron chi connectivity index (χ4n) is 1.55. The van der Waals surface area contributed by atoms with Crippen LogP contribution in [-0.2, 0) is 10.1 Å². The maximum Gasteiger partial charge on any atom is 0.339 e. The van der Waals surface area contributed by atoms with Crippen LogP contribution in [0.25, 0.3) is 0 Å². The highest BCUT2D eigenvalue weighted by Gasteiger charge is 2.18. The quantitative estimate of drug-likeness (QED) is 0.797. The summed E-state index contributed by atoms with van der Waals surface area (Å²) in [6.45, 7) is 3.80. The third kappa shape index (κ3) is 3.16. The summed E-state index contributed by atoms with van der Waals surface area (Å²) in [5.41, 5.74) is 1.96. The summed E-state index contributed by atoms with van der Waals surface area (Å²) in [5.74, 6) is 0.278. The number of benzene rings is 2. The van der Waals surface area contributed by atoms with Crippen molar-refractivity contribution in [2.45, 2.75) is 18.7 Å². The molecule has 0 fully saturated rings. The van der Waals surface area contributed by atoms with Gasteiger partial charge in [0.25, 0.3) is 0 Å². The maximum atomic E-state index is 12.2. The summed E-state index contributed by atoms with van der Waals surface area (Å²) in [6, 6.07) is 11.8. The molecule has 2 aromatic carbocycles. The van der Waals surface area contributed by atoms with Gasteiger partial charge in [0.05, 0.1) is 4.47 Å². The molecular formula is C14H13BrO3S. The molecule has 0 atom stereocenters. The molecule has 0 N–H and O–H groups in total. The summed E-state index contributed by atoms with van der Waals surface area (Å²) in [6.07, 6.45) is 0. The number of halogens is 1. The summed E-state index contributed by atoms with van der Waals surface area (Å²) < 4.78 is 30.1. The van der Waals surface area contributed by atoms with Crippen LogP contribution in [0, 0.1) is 13.8 Å². The van der Waals surface area contributed by atoms with E-state index >= 15 is 0 Å². The molecule has 0 amide bonds. The van der Waals surface area contributed by atoms with Gasteiger partial charge < -0.3 is 4.18 Å². The standard InChI is InChI=1S/C14H13BrO3S/c1-10-7-8-12(9-11(10)2)19(16,17)18-14-6-4-3-5-13(14)15/h3-9H,1-2H3. The topological polar surface area (TPSA) is 43.4 Å². The van der Waals surface area contributed by atoms with Crippen molar-refractivity contribution >= 4 is 26.0 Å². The van der Waals surface area contributed by atoms with E-state index in [0.717, 1.165) is 11.1 Å². The first-order chi connectivity index (χ1) is 8.90. The molecule has 0 bridgehead atoms. The summed E-state index contributed by atoms with van der Waals surface area (Å²) in [5, 5.41) is 0. The number of aryl methyl sites for hydroxylation is 2. The van der Waals surface area contributed by atoms with Crippen molar-refractivity contribution in [3.63, 3.8) is 0 Å². The van der Waals surface area contributed by atoms with Gasteiger partial charge in [0.2, 0.25) is 0 Å². The normalized spacial score (nSPS) is 11.3. The second-order valence-electron chi connectivity index (χ2n) is 4.21. The molecule has 0 aliphatic heterocycles. The van der Waals surface area contributed by atoms with Crippen LogP contribution in [0.5, 0.6) is 5.75 Å². The van der Waals surface area contributed by atoms with E-state index < -0.39 is 10.1 Å². The largest absolute Gasteiger partial charge is 0.378 e. The number of para-hydroxylation sites is 1. The van der Waals surface area contributed by atoms with E-state index in [9.17, 15) is 8.42 Å². The molecule has 0 spiro atoms. The van der Waals surface area contributed by atoms with Crippen molar-refractivity contribution in [2.75, 3.05) is 0 Å². The summed E-state index contributed by atoms with van der Waals surface area (Å²) in [4.78, 5) is 0.159. The second-order valence-corrected chi connectivity index (χ2v) is 6.61. The zero-order valence-corrected chi connectivity index (χ0v) is 13.0.